The molecule has 1 rings (SSSR count). The molecule has 0 aliphatic carbocycles. The van der Waals surface area contributed by atoms with Gasteiger partial charge < -0.3 is 42.7 Å². The Morgan fingerprint density at radius 1 is 0.889 bits per heavy atom. The molecule has 0 aromatic heterocycles. The summed E-state index contributed by atoms with van der Waals surface area (Å²) in [6, 6.07) is 3.09. The van der Waals surface area contributed by atoms with Crippen LogP contribution in [0.5, 0.6) is 0 Å². The van der Waals surface area contributed by atoms with Gasteiger partial charge in [-0.15, -0.1) is 0 Å². The zero-order valence-electron chi connectivity index (χ0n) is 20.1. The average Bonchev–Trinajstić information content (AvgIpc) is 2.81. The molecule has 0 saturated carbocycles. The maximum absolute atomic E-state index is 13.1. The lowest BCUT2D eigenvalue weighted by Gasteiger charge is -2.26. The van der Waals surface area contributed by atoms with Crippen LogP contribution in [0.15, 0.2) is 30.3 Å². The van der Waals surface area contributed by atoms with Gasteiger partial charge in [0.05, 0.1) is 18.6 Å². The highest BCUT2D eigenvalue weighted by atomic mass is 16.4. The Hall–Kier alpha value is -3.55. The van der Waals surface area contributed by atoms with Gasteiger partial charge in [0.2, 0.25) is 17.7 Å². The van der Waals surface area contributed by atoms with E-state index in [0.29, 0.717) is 24.9 Å². The SMILES string of the molecule is CC(O)C(NC(=O)C(Cc1ccccc1)NC(=O)C(N)CC(=O)O)C(=O)NC(CCCCN)C(=O)O. The lowest BCUT2D eigenvalue weighted by atomic mass is 10.0. The van der Waals surface area contributed by atoms with Crippen LogP contribution < -0.4 is 27.4 Å². The highest BCUT2D eigenvalue weighted by Gasteiger charge is 2.33. The summed E-state index contributed by atoms with van der Waals surface area (Å²) in [5.41, 5.74) is 11.7. The van der Waals surface area contributed by atoms with Crippen LogP contribution in [-0.4, -0.2) is 81.8 Å². The van der Waals surface area contributed by atoms with E-state index in [1.54, 1.807) is 30.3 Å². The van der Waals surface area contributed by atoms with Crippen molar-refractivity contribution in [3.05, 3.63) is 35.9 Å². The van der Waals surface area contributed by atoms with Crippen LogP contribution in [0, 0.1) is 0 Å². The fourth-order valence-corrected chi connectivity index (χ4v) is 3.29. The van der Waals surface area contributed by atoms with E-state index in [9.17, 15) is 34.2 Å². The molecular weight excluding hydrogens is 474 g/mol. The molecule has 0 fully saturated rings. The summed E-state index contributed by atoms with van der Waals surface area (Å²) in [4.78, 5) is 60.6. The van der Waals surface area contributed by atoms with Crippen LogP contribution in [-0.2, 0) is 30.4 Å². The number of nitrogens with two attached hydrogens (primary N) is 2. The van der Waals surface area contributed by atoms with E-state index in [2.05, 4.69) is 16.0 Å². The molecule has 1 aromatic carbocycles. The Morgan fingerprint density at radius 3 is 2.03 bits per heavy atom. The van der Waals surface area contributed by atoms with Crippen LogP contribution in [0.1, 0.15) is 38.2 Å². The second-order valence-corrected chi connectivity index (χ2v) is 8.37. The Morgan fingerprint density at radius 2 is 1.50 bits per heavy atom. The highest BCUT2D eigenvalue weighted by molar-refractivity contribution is 5.95. The van der Waals surface area contributed by atoms with Crippen molar-refractivity contribution < 1.29 is 39.3 Å². The summed E-state index contributed by atoms with van der Waals surface area (Å²) in [6.45, 7) is 1.60. The Bertz CT molecular complexity index is 896. The number of unbranched alkanes of at least 4 members (excludes halogenated alkanes) is 1. The normalized spacial score (nSPS) is 15.0. The molecule has 0 radical (unpaired) electrons. The number of amides is 3. The van der Waals surface area contributed by atoms with Crippen molar-refractivity contribution in [2.24, 2.45) is 11.5 Å². The van der Waals surface area contributed by atoms with E-state index >= 15 is 0 Å². The number of aliphatic carboxylic acids is 2. The number of rotatable bonds is 16. The van der Waals surface area contributed by atoms with E-state index in [1.807, 2.05) is 0 Å². The van der Waals surface area contributed by atoms with Gasteiger partial charge in [-0.1, -0.05) is 30.3 Å². The van der Waals surface area contributed by atoms with E-state index < -0.39 is 66.4 Å². The van der Waals surface area contributed by atoms with Crippen LogP contribution in [0.4, 0.5) is 0 Å². The van der Waals surface area contributed by atoms with Crippen molar-refractivity contribution in [3.63, 3.8) is 0 Å². The zero-order valence-corrected chi connectivity index (χ0v) is 20.1. The molecule has 0 saturated heterocycles. The Balaban J connectivity index is 3.03. The van der Waals surface area contributed by atoms with Crippen molar-refractivity contribution >= 4 is 29.7 Å². The number of hydrogen-bond donors (Lipinski definition) is 8. The van der Waals surface area contributed by atoms with Gasteiger partial charge in [0.15, 0.2) is 0 Å². The first-order valence-electron chi connectivity index (χ1n) is 11.5. The number of carbonyl (C=O) groups excluding carboxylic acids is 3. The van der Waals surface area contributed by atoms with Crippen molar-refractivity contribution in [1.29, 1.82) is 0 Å². The minimum Gasteiger partial charge on any atom is -0.481 e. The monoisotopic (exact) mass is 509 g/mol. The van der Waals surface area contributed by atoms with Gasteiger partial charge >= 0.3 is 11.9 Å². The number of carbonyl (C=O) groups is 5. The van der Waals surface area contributed by atoms with Crippen LogP contribution in [0.25, 0.3) is 0 Å². The first kappa shape index (κ1) is 30.5. The Labute approximate surface area is 208 Å². The molecule has 0 aliphatic rings. The maximum atomic E-state index is 13.1. The lowest BCUT2D eigenvalue weighted by Crippen LogP contribution is -2.60. The number of nitrogens with one attached hydrogen (secondary N) is 3. The molecule has 200 valence electrons. The van der Waals surface area contributed by atoms with E-state index in [-0.39, 0.29) is 12.8 Å². The molecule has 13 heteroatoms. The molecule has 1 aromatic rings. The van der Waals surface area contributed by atoms with Gasteiger partial charge in [-0.2, -0.15) is 0 Å². The van der Waals surface area contributed by atoms with E-state index in [4.69, 9.17) is 16.6 Å². The number of aliphatic hydroxyl groups excluding tert-OH is 1. The molecule has 5 unspecified atom stereocenters. The third kappa shape index (κ3) is 10.8. The molecule has 0 heterocycles. The first-order chi connectivity index (χ1) is 17.0. The van der Waals surface area contributed by atoms with Gasteiger partial charge in [-0.3, -0.25) is 19.2 Å². The van der Waals surface area contributed by atoms with Gasteiger partial charge in [-0.05, 0) is 38.3 Å². The minimum absolute atomic E-state index is 0.0246. The number of carboxylic acids is 2. The van der Waals surface area contributed by atoms with Crippen LogP contribution in [0.3, 0.4) is 0 Å². The predicted octanol–water partition coefficient (Wildman–Crippen LogP) is -1.92. The van der Waals surface area contributed by atoms with Crippen molar-refractivity contribution in [2.45, 2.75) is 69.3 Å². The number of hydrogen-bond acceptors (Lipinski definition) is 8. The quantitative estimate of drug-likeness (QED) is 0.115. The van der Waals surface area contributed by atoms with Crippen molar-refractivity contribution in [2.75, 3.05) is 6.54 Å². The van der Waals surface area contributed by atoms with E-state index in [0.717, 1.165) is 0 Å². The molecular formula is C23H35N5O8. The largest absolute Gasteiger partial charge is 0.481 e. The van der Waals surface area contributed by atoms with Gasteiger partial charge in [-0.25, -0.2) is 4.79 Å². The number of benzene rings is 1. The number of aliphatic hydroxyl groups is 1. The number of carboxylic acid groups (broad SMARTS) is 2. The third-order valence-electron chi connectivity index (χ3n) is 5.27. The lowest BCUT2D eigenvalue weighted by molar-refractivity contribution is -0.143. The molecule has 36 heavy (non-hydrogen) atoms. The van der Waals surface area contributed by atoms with Gasteiger partial charge in [0.1, 0.15) is 18.1 Å². The zero-order chi connectivity index (χ0) is 27.3. The van der Waals surface area contributed by atoms with Gasteiger partial charge in [0.25, 0.3) is 0 Å². The Kier molecular flexibility index (Phi) is 13.1. The molecule has 0 bridgehead atoms. The fraction of sp³-hybridized carbons (Fsp3) is 0.522. The van der Waals surface area contributed by atoms with Gasteiger partial charge in [0, 0.05) is 6.42 Å². The topological polar surface area (TPSA) is 234 Å². The van der Waals surface area contributed by atoms with Crippen molar-refractivity contribution in [3.8, 4) is 0 Å². The highest BCUT2D eigenvalue weighted by Crippen LogP contribution is 2.07. The molecule has 13 nitrogen and oxygen atoms in total. The molecule has 5 atom stereocenters. The summed E-state index contributed by atoms with van der Waals surface area (Å²) in [7, 11) is 0. The van der Waals surface area contributed by atoms with Crippen LogP contribution in [0.2, 0.25) is 0 Å². The molecule has 0 spiro atoms. The molecule has 10 N–H and O–H groups in total. The smallest absolute Gasteiger partial charge is 0.326 e. The second-order valence-electron chi connectivity index (χ2n) is 8.37. The van der Waals surface area contributed by atoms with Crippen molar-refractivity contribution in [1.82, 2.24) is 16.0 Å². The summed E-state index contributed by atoms with van der Waals surface area (Å²) < 4.78 is 0. The standard InChI is InChI=1S/C23H35N5O8/c1-13(29)19(22(34)26-16(23(35)36)9-5-6-10-24)28-21(33)17(11-14-7-3-2-4-8-14)27-20(32)15(25)12-18(30)31/h2-4,7-8,13,15-17,19,29H,5-6,9-12,24-25H2,1H3,(H,26,34)(H,27,32)(H,28,33)(H,30,31)(H,35,36). The summed E-state index contributed by atoms with van der Waals surface area (Å²) in [5.74, 6) is -5.25. The summed E-state index contributed by atoms with van der Waals surface area (Å²) >= 11 is 0. The van der Waals surface area contributed by atoms with E-state index in [1.165, 1.54) is 6.92 Å². The summed E-state index contributed by atoms with van der Waals surface area (Å²) in [5, 5.41) is 35.4. The third-order valence-corrected chi connectivity index (χ3v) is 5.27. The predicted molar refractivity (Wildman–Crippen MR) is 128 cm³/mol. The molecule has 0 aliphatic heterocycles. The van der Waals surface area contributed by atoms with Crippen LogP contribution >= 0.6 is 0 Å². The summed E-state index contributed by atoms with van der Waals surface area (Å²) in [6.07, 6.45) is -0.988. The first-order valence-corrected chi connectivity index (χ1v) is 11.5. The fourth-order valence-electron chi connectivity index (χ4n) is 3.29. The maximum Gasteiger partial charge on any atom is 0.326 e. The molecule has 3 amide bonds. The minimum atomic E-state index is -1.53. The second kappa shape index (κ2) is 15.4. The average molecular weight is 510 g/mol.